The van der Waals surface area contributed by atoms with Crippen LogP contribution in [0.4, 0.5) is 5.82 Å². The summed E-state index contributed by atoms with van der Waals surface area (Å²) in [6.45, 7) is 9.04. The van der Waals surface area contributed by atoms with Gasteiger partial charge in [-0.3, -0.25) is 4.98 Å². The topological polar surface area (TPSA) is 85.5 Å². The molecule has 8 heteroatoms. The Morgan fingerprint density at radius 2 is 2.00 bits per heavy atom. The number of morpholine rings is 1. The Bertz CT molecular complexity index is 1140. The van der Waals surface area contributed by atoms with Gasteiger partial charge in [0.1, 0.15) is 17.0 Å². The number of nitrogens with zero attached hydrogens (tertiary/aromatic N) is 5. The summed E-state index contributed by atoms with van der Waals surface area (Å²) in [4.78, 5) is 12.2. The van der Waals surface area contributed by atoms with Crippen LogP contribution in [0, 0.1) is 0 Å². The first-order chi connectivity index (χ1) is 16.6. The number of hydrogen-bond donors (Lipinski definition) is 1. The van der Waals surface area contributed by atoms with Crippen LogP contribution >= 0.6 is 0 Å². The second-order valence-electron chi connectivity index (χ2n) is 9.42. The maximum atomic E-state index is 11.6. The van der Waals surface area contributed by atoms with Crippen LogP contribution in [0.25, 0.3) is 22.3 Å². The predicted molar refractivity (Wildman–Crippen MR) is 132 cm³/mol. The SMILES string of the molecule is CCC(O)(CC)c1cc(N2CCOCC2C)nc2c(-c3ccnn3C3CCCCO3)nccc12. The third-order valence-corrected chi connectivity index (χ3v) is 7.39. The van der Waals surface area contributed by atoms with Crippen molar-refractivity contribution in [1.29, 1.82) is 0 Å². The van der Waals surface area contributed by atoms with E-state index in [9.17, 15) is 5.11 Å². The molecule has 0 amide bonds. The Hall–Kier alpha value is -2.55. The van der Waals surface area contributed by atoms with E-state index in [1.807, 2.05) is 36.9 Å². The van der Waals surface area contributed by atoms with Crippen LogP contribution in [0.5, 0.6) is 0 Å². The monoisotopic (exact) mass is 465 g/mol. The molecule has 2 fully saturated rings. The number of fused-ring (bicyclic) bond motifs is 1. The number of aromatic nitrogens is 4. The zero-order valence-corrected chi connectivity index (χ0v) is 20.4. The van der Waals surface area contributed by atoms with E-state index < -0.39 is 5.60 Å². The minimum Gasteiger partial charge on any atom is -0.385 e. The lowest BCUT2D eigenvalue weighted by Crippen LogP contribution is -2.44. The maximum Gasteiger partial charge on any atom is 0.150 e. The van der Waals surface area contributed by atoms with Crippen molar-refractivity contribution in [2.24, 2.45) is 0 Å². The van der Waals surface area contributed by atoms with Crippen molar-refractivity contribution >= 4 is 16.7 Å². The van der Waals surface area contributed by atoms with Crippen molar-refractivity contribution < 1.29 is 14.6 Å². The van der Waals surface area contributed by atoms with Gasteiger partial charge >= 0.3 is 0 Å². The zero-order chi connectivity index (χ0) is 23.7. The summed E-state index contributed by atoms with van der Waals surface area (Å²) in [5.41, 5.74) is 2.39. The lowest BCUT2D eigenvalue weighted by atomic mass is 9.86. The molecule has 3 aromatic rings. The molecule has 182 valence electrons. The molecule has 5 heterocycles. The molecule has 0 radical (unpaired) electrons. The third kappa shape index (κ3) is 4.08. The largest absolute Gasteiger partial charge is 0.385 e. The van der Waals surface area contributed by atoms with Gasteiger partial charge in [0.2, 0.25) is 0 Å². The number of pyridine rings is 2. The van der Waals surface area contributed by atoms with E-state index >= 15 is 0 Å². The lowest BCUT2D eigenvalue weighted by molar-refractivity contribution is -0.0383. The van der Waals surface area contributed by atoms with E-state index in [4.69, 9.17) is 19.4 Å². The molecule has 0 bridgehead atoms. The molecular formula is C26H35N5O3. The minimum absolute atomic E-state index is 0.0964. The highest BCUT2D eigenvalue weighted by molar-refractivity contribution is 5.94. The van der Waals surface area contributed by atoms with Crippen molar-refractivity contribution in [3.63, 3.8) is 0 Å². The molecule has 3 aromatic heterocycles. The molecule has 2 aliphatic heterocycles. The molecule has 2 aliphatic rings. The second kappa shape index (κ2) is 9.60. The Balaban J connectivity index is 1.72. The lowest BCUT2D eigenvalue weighted by Gasteiger charge is -2.36. The average molecular weight is 466 g/mol. The number of rotatable bonds is 6. The average Bonchev–Trinajstić information content (AvgIpc) is 3.38. The van der Waals surface area contributed by atoms with Crippen LogP contribution in [0.2, 0.25) is 0 Å². The number of hydrogen-bond acceptors (Lipinski definition) is 7. The van der Waals surface area contributed by atoms with Gasteiger partial charge in [-0.2, -0.15) is 5.10 Å². The molecule has 2 atom stereocenters. The van der Waals surface area contributed by atoms with Crippen LogP contribution in [-0.4, -0.2) is 57.3 Å². The van der Waals surface area contributed by atoms with E-state index in [2.05, 4.69) is 23.0 Å². The summed E-state index contributed by atoms with van der Waals surface area (Å²) in [5.74, 6) is 0.854. The van der Waals surface area contributed by atoms with Gasteiger partial charge < -0.3 is 19.5 Å². The Labute approximate surface area is 200 Å². The maximum absolute atomic E-state index is 11.6. The molecule has 5 rings (SSSR count). The quantitative estimate of drug-likeness (QED) is 0.576. The van der Waals surface area contributed by atoms with Crippen molar-refractivity contribution in [3.8, 4) is 11.4 Å². The summed E-state index contributed by atoms with van der Waals surface area (Å²) < 4.78 is 13.6. The standard InChI is InChI=1S/C26H35N5O3/c1-4-26(32,5-2)20-16-22(30-13-15-33-17-18(30)3)29-24-19(20)9-11-27-25(24)21-10-12-28-31(21)23-8-6-7-14-34-23/h9-12,16,18,23,32H,4-8,13-15,17H2,1-3H3. The molecule has 1 N–H and O–H groups in total. The number of aliphatic hydroxyl groups is 1. The number of anilines is 1. The highest BCUT2D eigenvalue weighted by Crippen LogP contribution is 2.39. The summed E-state index contributed by atoms with van der Waals surface area (Å²) in [6, 6.07) is 6.23. The van der Waals surface area contributed by atoms with Crippen molar-refractivity contribution in [2.45, 2.75) is 70.7 Å². The van der Waals surface area contributed by atoms with Gasteiger partial charge in [-0.25, -0.2) is 9.67 Å². The van der Waals surface area contributed by atoms with Crippen molar-refractivity contribution in [1.82, 2.24) is 19.7 Å². The fraction of sp³-hybridized carbons (Fsp3) is 0.577. The minimum atomic E-state index is -0.948. The molecule has 0 spiro atoms. The fourth-order valence-corrected chi connectivity index (χ4v) is 5.20. The van der Waals surface area contributed by atoms with Gasteiger partial charge in [-0.1, -0.05) is 13.8 Å². The molecule has 0 saturated carbocycles. The van der Waals surface area contributed by atoms with Crippen LogP contribution in [0.1, 0.15) is 64.7 Å². The molecular weight excluding hydrogens is 430 g/mol. The molecule has 34 heavy (non-hydrogen) atoms. The van der Waals surface area contributed by atoms with E-state index in [0.29, 0.717) is 26.1 Å². The first-order valence-corrected chi connectivity index (χ1v) is 12.6. The summed E-state index contributed by atoms with van der Waals surface area (Å²) in [6.07, 6.45) is 7.88. The molecule has 0 aromatic carbocycles. The van der Waals surface area contributed by atoms with Gasteiger partial charge in [0.05, 0.1) is 30.6 Å². The van der Waals surface area contributed by atoms with Gasteiger partial charge in [0, 0.05) is 30.9 Å². The summed E-state index contributed by atoms with van der Waals surface area (Å²) in [5, 5.41) is 17.2. The fourth-order valence-electron chi connectivity index (χ4n) is 5.20. The molecule has 0 aliphatic carbocycles. The van der Waals surface area contributed by atoms with Crippen molar-refractivity contribution in [2.75, 3.05) is 31.3 Å². The van der Waals surface area contributed by atoms with E-state index in [1.54, 1.807) is 6.20 Å². The van der Waals surface area contributed by atoms with Crippen LogP contribution in [-0.2, 0) is 15.1 Å². The zero-order valence-electron chi connectivity index (χ0n) is 20.4. The third-order valence-electron chi connectivity index (χ3n) is 7.39. The molecule has 8 nitrogen and oxygen atoms in total. The molecule has 2 unspecified atom stereocenters. The summed E-state index contributed by atoms with van der Waals surface area (Å²) >= 11 is 0. The highest BCUT2D eigenvalue weighted by atomic mass is 16.5. The number of ether oxygens (including phenoxy) is 2. The van der Waals surface area contributed by atoms with E-state index in [0.717, 1.165) is 66.1 Å². The van der Waals surface area contributed by atoms with Gasteiger partial charge in [-0.05, 0) is 62.8 Å². The van der Waals surface area contributed by atoms with Gasteiger partial charge in [0.25, 0.3) is 0 Å². The summed E-state index contributed by atoms with van der Waals surface area (Å²) in [7, 11) is 0. The predicted octanol–water partition coefficient (Wildman–Crippen LogP) is 4.43. The highest BCUT2D eigenvalue weighted by Gasteiger charge is 2.31. The van der Waals surface area contributed by atoms with Gasteiger partial charge in [0.15, 0.2) is 6.23 Å². The Morgan fingerprint density at radius 1 is 1.15 bits per heavy atom. The second-order valence-corrected chi connectivity index (χ2v) is 9.42. The molecule has 2 saturated heterocycles. The first-order valence-electron chi connectivity index (χ1n) is 12.6. The van der Waals surface area contributed by atoms with Crippen LogP contribution in [0.3, 0.4) is 0 Å². The normalized spacial score (nSPS) is 21.8. The van der Waals surface area contributed by atoms with E-state index in [-0.39, 0.29) is 12.3 Å². The smallest absolute Gasteiger partial charge is 0.150 e. The van der Waals surface area contributed by atoms with Crippen molar-refractivity contribution in [3.05, 3.63) is 36.2 Å². The Morgan fingerprint density at radius 3 is 2.74 bits per heavy atom. The van der Waals surface area contributed by atoms with E-state index in [1.165, 1.54) is 0 Å². The van der Waals surface area contributed by atoms with Crippen LogP contribution in [0.15, 0.2) is 30.6 Å². The Kier molecular flexibility index (Phi) is 6.55. The first kappa shape index (κ1) is 23.2. The van der Waals surface area contributed by atoms with Gasteiger partial charge in [-0.15, -0.1) is 0 Å². The van der Waals surface area contributed by atoms with Crippen LogP contribution < -0.4 is 4.90 Å².